The predicted molar refractivity (Wildman–Crippen MR) is 94.9 cm³/mol. The lowest BCUT2D eigenvalue weighted by Gasteiger charge is -2.54. The van der Waals surface area contributed by atoms with Gasteiger partial charge in [0.1, 0.15) is 0 Å². The number of halogens is 1. The molecule has 2 fully saturated rings. The normalized spacial score (nSPS) is 27.9. The summed E-state index contributed by atoms with van der Waals surface area (Å²) in [5.41, 5.74) is 0.375. The van der Waals surface area contributed by atoms with Crippen molar-refractivity contribution in [1.29, 1.82) is 0 Å². The molecule has 0 amide bonds. The first-order valence-corrected chi connectivity index (χ1v) is 7.85. The highest BCUT2D eigenvalue weighted by molar-refractivity contribution is 14.0. The standard InChI is InChI=1S/C15H29N3O.HI/c1-4-10-17-14(16-3)18-12-11-13(19-5-2)15(12)8-6-7-9-15;/h12-13H,4-11H2,1-3H3,(H2,16,17,18);1H. The fourth-order valence-corrected chi connectivity index (χ4v) is 3.69. The number of ether oxygens (including phenoxy) is 1. The van der Waals surface area contributed by atoms with Crippen molar-refractivity contribution in [3.05, 3.63) is 0 Å². The largest absolute Gasteiger partial charge is 0.378 e. The minimum atomic E-state index is 0. The molecule has 0 aromatic heterocycles. The summed E-state index contributed by atoms with van der Waals surface area (Å²) in [6.45, 7) is 6.09. The van der Waals surface area contributed by atoms with Gasteiger partial charge >= 0.3 is 0 Å². The van der Waals surface area contributed by atoms with Crippen LogP contribution in [0.15, 0.2) is 4.99 Å². The smallest absolute Gasteiger partial charge is 0.191 e. The van der Waals surface area contributed by atoms with E-state index in [2.05, 4.69) is 29.5 Å². The summed E-state index contributed by atoms with van der Waals surface area (Å²) in [4.78, 5) is 4.33. The highest BCUT2D eigenvalue weighted by atomic mass is 127. The molecule has 2 aliphatic rings. The van der Waals surface area contributed by atoms with Crippen LogP contribution in [0.4, 0.5) is 0 Å². The zero-order valence-corrected chi connectivity index (χ0v) is 15.4. The van der Waals surface area contributed by atoms with E-state index in [1.807, 2.05) is 7.05 Å². The van der Waals surface area contributed by atoms with Crippen LogP contribution in [0.5, 0.6) is 0 Å². The fourth-order valence-electron chi connectivity index (χ4n) is 3.69. The van der Waals surface area contributed by atoms with E-state index in [0.29, 0.717) is 17.6 Å². The summed E-state index contributed by atoms with van der Waals surface area (Å²) < 4.78 is 5.94. The highest BCUT2D eigenvalue weighted by Crippen LogP contribution is 2.54. The van der Waals surface area contributed by atoms with E-state index in [-0.39, 0.29) is 24.0 Å². The molecule has 0 aromatic rings. The fraction of sp³-hybridized carbons (Fsp3) is 0.933. The third-order valence-electron chi connectivity index (χ3n) is 4.76. The molecule has 2 saturated carbocycles. The number of aliphatic imine (C=N–C) groups is 1. The van der Waals surface area contributed by atoms with Gasteiger partial charge < -0.3 is 15.4 Å². The molecule has 2 aliphatic carbocycles. The number of nitrogens with zero attached hydrogens (tertiary/aromatic N) is 1. The van der Waals surface area contributed by atoms with Crippen LogP contribution in [-0.4, -0.2) is 38.3 Å². The average molecular weight is 395 g/mol. The van der Waals surface area contributed by atoms with Crippen molar-refractivity contribution in [2.24, 2.45) is 10.4 Å². The van der Waals surface area contributed by atoms with Gasteiger partial charge in [0.15, 0.2) is 5.96 Å². The third-order valence-corrected chi connectivity index (χ3v) is 4.76. The predicted octanol–water partition coefficient (Wildman–Crippen LogP) is 2.92. The number of rotatable bonds is 5. The van der Waals surface area contributed by atoms with Crippen LogP contribution in [0.25, 0.3) is 0 Å². The molecule has 0 bridgehead atoms. The molecule has 118 valence electrons. The zero-order valence-electron chi connectivity index (χ0n) is 13.1. The van der Waals surface area contributed by atoms with E-state index in [1.54, 1.807) is 0 Å². The molecule has 0 aromatic carbocycles. The SMILES string of the molecule is CCCNC(=NC)NC1CC(OCC)C12CCCC2.I. The molecule has 0 aliphatic heterocycles. The molecule has 0 heterocycles. The molecule has 2 atom stereocenters. The van der Waals surface area contributed by atoms with Gasteiger partial charge in [0.05, 0.1) is 6.10 Å². The second-order valence-electron chi connectivity index (χ2n) is 5.82. The van der Waals surface area contributed by atoms with Gasteiger partial charge in [-0.05, 0) is 32.6 Å². The Balaban J connectivity index is 0.00000200. The quantitative estimate of drug-likeness (QED) is 0.428. The average Bonchev–Trinajstić information content (AvgIpc) is 2.93. The van der Waals surface area contributed by atoms with Crippen molar-refractivity contribution in [1.82, 2.24) is 10.6 Å². The molecule has 1 spiro atoms. The van der Waals surface area contributed by atoms with E-state index in [4.69, 9.17) is 4.74 Å². The van der Waals surface area contributed by atoms with Crippen molar-refractivity contribution in [2.75, 3.05) is 20.2 Å². The van der Waals surface area contributed by atoms with Crippen LogP contribution in [0.1, 0.15) is 52.4 Å². The molecule has 2 rings (SSSR count). The van der Waals surface area contributed by atoms with E-state index < -0.39 is 0 Å². The Bertz CT molecular complexity index is 316. The first-order valence-electron chi connectivity index (χ1n) is 7.85. The van der Waals surface area contributed by atoms with Gasteiger partial charge in [-0.3, -0.25) is 4.99 Å². The van der Waals surface area contributed by atoms with Crippen molar-refractivity contribution in [3.63, 3.8) is 0 Å². The van der Waals surface area contributed by atoms with Crippen LogP contribution in [0.3, 0.4) is 0 Å². The number of hydrogen-bond acceptors (Lipinski definition) is 2. The Hall–Kier alpha value is -0.0400. The van der Waals surface area contributed by atoms with E-state index in [1.165, 1.54) is 25.7 Å². The lowest BCUT2D eigenvalue weighted by Crippen LogP contribution is -2.65. The molecule has 2 N–H and O–H groups in total. The van der Waals surface area contributed by atoms with E-state index >= 15 is 0 Å². The Kier molecular flexibility index (Phi) is 7.58. The minimum absolute atomic E-state index is 0. The number of guanidine groups is 1. The number of hydrogen-bond donors (Lipinski definition) is 2. The van der Waals surface area contributed by atoms with E-state index in [9.17, 15) is 0 Å². The summed E-state index contributed by atoms with van der Waals surface area (Å²) in [6, 6.07) is 0.537. The highest BCUT2D eigenvalue weighted by Gasteiger charge is 2.56. The maximum Gasteiger partial charge on any atom is 0.191 e. The summed E-state index contributed by atoms with van der Waals surface area (Å²) in [6.07, 6.45) is 8.02. The van der Waals surface area contributed by atoms with Crippen molar-refractivity contribution in [2.45, 2.75) is 64.5 Å². The zero-order chi connectivity index (χ0) is 13.7. The molecule has 0 saturated heterocycles. The molecule has 20 heavy (non-hydrogen) atoms. The molecule has 2 unspecified atom stereocenters. The molecule has 4 nitrogen and oxygen atoms in total. The summed E-state index contributed by atoms with van der Waals surface area (Å²) in [5, 5.41) is 6.99. The maximum atomic E-state index is 5.94. The Morgan fingerprint density at radius 2 is 2.00 bits per heavy atom. The van der Waals surface area contributed by atoms with Gasteiger partial charge in [-0.25, -0.2) is 0 Å². The first-order chi connectivity index (χ1) is 9.26. The van der Waals surface area contributed by atoms with Gasteiger partial charge in [-0.2, -0.15) is 0 Å². The van der Waals surface area contributed by atoms with E-state index in [0.717, 1.165) is 32.0 Å². The van der Waals surface area contributed by atoms with Crippen LogP contribution in [-0.2, 0) is 4.74 Å². The molecule has 5 heteroatoms. The van der Waals surface area contributed by atoms with Gasteiger partial charge in [-0.1, -0.05) is 19.8 Å². The summed E-state index contributed by atoms with van der Waals surface area (Å²) >= 11 is 0. The van der Waals surface area contributed by atoms with Crippen LogP contribution >= 0.6 is 24.0 Å². The lowest BCUT2D eigenvalue weighted by atomic mass is 9.60. The van der Waals surface area contributed by atoms with Crippen molar-refractivity contribution < 1.29 is 4.74 Å². The molecule has 0 radical (unpaired) electrons. The Morgan fingerprint density at radius 3 is 2.55 bits per heavy atom. The Labute approximate surface area is 140 Å². The van der Waals surface area contributed by atoms with Gasteiger partial charge in [0, 0.05) is 31.7 Å². The maximum absolute atomic E-state index is 5.94. The van der Waals surface area contributed by atoms with Gasteiger partial charge in [0.2, 0.25) is 0 Å². The minimum Gasteiger partial charge on any atom is -0.378 e. The summed E-state index contributed by atoms with van der Waals surface area (Å²) in [5.74, 6) is 0.952. The van der Waals surface area contributed by atoms with Crippen molar-refractivity contribution >= 4 is 29.9 Å². The monoisotopic (exact) mass is 395 g/mol. The van der Waals surface area contributed by atoms with Crippen LogP contribution in [0, 0.1) is 5.41 Å². The Morgan fingerprint density at radius 1 is 1.30 bits per heavy atom. The lowest BCUT2D eigenvalue weighted by molar-refractivity contribution is -0.125. The topological polar surface area (TPSA) is 45.7 Å². The summed E-state index contributed by atoms with van der Waals surface area (Å²) in [7, 11) is 1.85. The third kappa shape index (κ3) is 3.59. The molecular weight excluding hydrogens is 365 g/mol. The first kappa shape index (κ1) is 18.0. The van der Waals surface area contributed by atoms with Crippen LogP contribution < -0.4 is 10.6 Å². The second kappa shape index (κ2) is 8.41. The van der Waals surface area contributed by atoms with Crippen LogP contribution in [0.2, 0.25) is 0 Å². The molecular formula is C15H30IN3O. The van der Waals surface area contributed by atoms with Crippen molar-refractivity contribution in [3.8, 4) is 0 Å². The van der Waals surface area contributed by atoms with Gasteiger partial charge in [0.25, 0.3) is 0 Å². The van der Waals surface area contributed by atoms with Gasteiger partial charge in [-0.15, -0.1) is 24.0 Å². The number of nitrogens with one attached hydrogen (secondary N) is 2. The second-order valence-corrected chi connectivity index (χ2v) is 5.82.